The molecule has 0 amide bonds. The van der Waals surface area contributed by atoms with Gasteiger partial charge in [-0.3, -0.25) is 4.90 Å². The first-order chi connectivity index (χ1) is 9.38. The second-order valence-corrected chi connectivity index (χ2v) is 6.77. The Hall–Kier alpha value is -0.420. The van der Waals surface area contributed by atoms with E-state index in [1.807, 2.05) is 11.3 Å². The summed E-state index contributed by atoms with van der Waals surface area (Å²) in [6.07, 6.45) is 5.06. The van der Waals surface area contributed by atoms with Gasteiger partial charge < -0.3 is 10.5 Å². The number of ether oxygens (including phenoxy) is 1. The standard InChI is InChI=1S/C15H24N2OS/c16-10-15(12-5-7-18-8-6-12)17(13-3-4-13)11-14-2-1-9-19-14/h1-2,9,12-13,15H,3-8,10-11,16H2. The van der Waals surface area contributed by atoms with E-state index in [9.17, 15) is 0 Å². The SMILES string of the molecule is NCC(C1CCOCC1)N(Cc1cccs1)C1CC1. The Morgan fingerprint density at radius 3 is 2.68 bits per heavy atom. The summed E-state index contributed by atoms with van der Waals surface area (Å²) in [5.74, 6) is 0.722. The Balaban J connectivity index is 1.69. The molecule has 1 unspecified atom stereocenters. The first kappa shape index (κ1) is 13.6. The molecule has 4 heteroatoms. The summed E-state index contributed by atoms with van der Waals surface area (Å²) in [4.78, 5) is 4.15. The predicted molar refractivity (Wildman–Crippen MR) is 79.3 cm³/mol. The summed E-state index contributed by atoms with van der Waals surface area (Å²) in [6, 6.07) is 5.71. The Labute approximate surface area is 119 Å². The molecular weight excluding hydrogens is 256 g/mol. The third-order valence-corrected chi connectivity index (χ3v) is 5.27. The van der Waals surface area contributed by atoms with E-state index in [0.717, 1.165) is 38.3 Å². The quantitative estimate of drug-likeness (QED) is 0.870. The van der Waals surface area contributed by atoms with Crippen molar-refractivity contribution in [3.05, 3.63) is 22.4 Å². The molecule has 1 atom stereocenters. The van der Waals surface area contributed by atoms with E-state index >= 15 is 0 Å². The predicted octanol–water partition coefficient (Wildman–Crippen LogP) is 2.47. The number of nitrogens with two attached hydrogens (primary N) is 1. The summed E-state index contributed by atoms with van der Waals surface area (Å²) < 4.78 is 5.50. The van der Waals surface area contributed by atoms with Gasteiger partial charge in [-0.1, -0.05) is 6.07 Å². The third kappa shape index (κ3) is 3.37. The molecule has 2 fully saturated rings. The van der Waals surface area contributed by atoms with E-state index in [0.29, 0.717) is 6.04 Å². The lowest BCUT2D eigenvalue weighted by Gasteiger charge is -2.38. The number of rotatable bonds is 6. The Bertz CT molecular complexity index is 372. The largest absolute Gasteiger partial charge is 0.381 e. The molecule has 3 nitrogen and oxygen atoms in total. The van der Waals surface area contributed by atoms with E-state index in [1.54, 1.807) is 0 Å². The summed E-state index contributed by atoms with van der Waals surface area (Å²) >= 11 is 1.86. The number of hydrogen-bond donors (Lipinski definition) is 1. The minimum Gasteiger partial charge on any atom is -0.381 e. The van der Waals surface area contributed by atoms with E-state index in [2.05, 4.69) is 22.4 Å². The van der Waals surface area contributed by atoms with Crippen molar-refractivity contribution in [3.8, 4) is 0 Å². The molecule has 19 heavy (non-hydrogen) atoms. The van der Waals surface area contributed by atoms with Crippen LogP contribution in [0.25, 0.3) is 0 Å². The lowest BCUT2D eigenvalue weighted by atomic mass is 9.90. The van der Waals surface area contributed by atoms with Crippen molar-refractivity contribution in [1.82, 2.24) is 4.90 Å². The zero-order valence-corrected chi connectivity index (χ0v) is 12.3. The van der Waals surface area contributed by atoms with Crippen molar-refractivity contribution in [2.45, 2.75) is 44.3 Å². The fraction of sp³-hybridized carbons (Fsp3) is 0.733. The van der Waals surface area contributed by atoms with Crippen LogP contribution < -0.4 is 5.73 Å². The minimum atomic E-state index is 0.540. The Kier molecular flexibility index (Phi) is 4.53. The summed E-state index contributed by atoms with van der Waals surface area (Å²) in [7, 11) is 0. The number of hydrogen-bond acceptors (Lipinski definition) is 4. The summed E-state index contributed by atoms with van der Waals surface area (Å²) in [5.41, 5.74) is 6.12. The van der Waals surface area contributed by atoms with Gasteiger partial charge in [-0.2, -0.15) is 0 Å². The smallest absolute Gasteiger partial charge is 0.0469 e. The van der Waals surface area contributed by atoms with Crippen LogP contribution >= 0.6 is 11.3 Å². The highest BCUT2D eigenvalue weighted by Gasteiger charge is 2.37. The molecule has 1 saturated heterocycles. The second-order valence-electron chi connectivity index (χ2n) is 5.74. The van der Waals surface area contributed by atoms with Gasteiger partial charge in [0.1, 0.15) is 0 Å². The average Bonchev–Trinajstić information content (AvgIpc) is 3.17. The fourth-order valence-corrected chi connectivity index (χ4v) is 3.92. The highest BCUT2D eigenvalue weighted by Crippen LogP contribution is 2.34. The topological polar surface area (TPSA) is 38.5 Å². The van der Waals surface area contributed by atoms with Crippen LogP contribution in [0.2, 0.25) is 0 Å². The highest BCUT2D eigenvalue weighted by atomic mass is 32.1. The molecule has 0 spiro atoms. The molecule has 2 aliphatic rings. The van der Waals surface area contributed by atoms with Crippen molar-refractivity contribution >= 4 is 11.3 Å². The van der Waals surface area contributed by atoms with Crippen LogP contribution in [0.5, 0.6) is 0 Å². The number of thiophene rings is 1. The van der Waals surface area contributed by atoms with Gasteiger partial charge in [0, 0.05) is 43.3 Å². The molecule has 2 N–H and O–H groups in total. The minimum absolute atomic E-state index is 0.540. The van der Waals surface area contributed by atoms with E-state index in [1.165, 1.54) is 30.6 Å². The molecule has 0 bridgehead atoms. The van der Waals surface area contributed by atoms with Crippen molar-refractivity contribution in [1.29, 1.82) is 0 Å². The van der Waals surface area contributed by atoms with Crippen molar-refractivity contribution in [3.63, 3.8) is 0 Å². The van der Waals surface area contributed by atoms with Gasteiger partial charge in [-0.05, 0) is 43.0 Å². The lowest BCUT2D eigenvalue weighted by molar-refractivity contribution is 0.0230. The van der Waals surface area contributed by atoms with Crippen LogP contribution in [0.4, 0.5) is 0 Å². The maximum atomic E-state index is 6.12. The van der Waals surface area contributed by atoms with Gasteiger partial charge in [-0.15, -0.1) is 11.3 Å². The maximum absolute atomic E-state index is 6.12. The third-order valence-electron chi connectivity index (χ3n) is 4.41. The van der Waals surface area contributed by atoms with E-state index < -0.39 is 0 Å². The zero-order valence-electron chi connectivity index (χ0n) is 11.5. The first-order valence-corrected chi connectivity index (χ1v) is 8.32. The Morgan fingerprint density at radius 2 is 2.11 bits per heavy atom. The van der Waals surface area contributed by atoms with Gasteiger partial charge in [0.2, 0.25) is 0 Å². The molecule has 1 aliphatic heterocycles. The molecule has 1 aromatic rings. The van der Waals surface area contributed by atoms with E-state index in [-0.39, 0.29) is 0 Å². The van der Waals surface area contributed by atoms with Crippen LogP contribution in [-0.2, 0) is 11.3 Å². The Morgan fingerprint density at radius 1 is 1.32 bits per heavy atom. The molecule has 3 rings (SSSR count). The number of nitrogens with zero attached hydrogens (tertiary/aromatic N) is 1. The van der Waals surface area contributed by atoms with E-state index in [4.69, 9.17) is 10.5 Å². The van der Waals surface area contributed by atoms with Gasteiger partial charge in [0.25, 0.3) is 0 Å². The second kappa shape index (κ2) is 6.35. The van der Waals surface area contributed by atoms with Crippen LogP contribution in [0, 0.1) is 5.92 Å². The molecule has 2 heterocycles. The van der Waals surface area contributed by atoms with Crippen LogP contribution in [0.3, 0.4) is 0 Å². The summed E-state index contributed by atoms with van der Waals surface area (Å²) in [6.45, 7) is 3.70. The van der Waals surface area contributed by atoms with Gasteiger partial charge >= 0.3 is 0 Å². The molecule has 1 aliphatic carbocycles. The lowest BCUT2D eigenvalue weighted by Crippen LogP contribution is -2.47. The summed E-state index contributed by atoms with van der Waals surface area (Å²) in [5, 5.41) is 2.17. The van der Waals surface area contributed by atoms with Gasteiger partial charge in [0.15, 0.2) is 0 Å². The maximum Gasteiger partial charge on any atom is 0.0469 e. The average molecular weight is 280 g/mol. The van der Waals surface area contributed by atoms with Crippen LogP contribution in [0.1, 0.15) is 30.6 Å². The molecule has 0 radical (unpaired) electrons. The monoisotopic (exact) mass is 280 g/mol. The van der Waals surface area contributed by atoms with Gasteiger partial charge in [-0.25, -0.2) is 0 Å². The van der Waals surface area contributed by atoms with Gasteiger partial charge in [0.05, 0.1) is 0 Å². The fourth-order valence-electron chi connectivity index (χ4n) is 3.21. The highest BCUT2D eigenvalue weighted by molar-refractivity contribution is 7.09. The molecule has 106 valence electrons. The van der Waals surface area contributed by atoms with Crippen LogP contribution in [-0.4, -0.2) is 36.7 Å². The van der Waals surface area contributed by atoms with Crippen molar-refractivity contribution in [2.75, 3.05) is 19.8 Å². The molecule has 1 aromatic heterocycles. The van der Waals surface area contributed by atoms with Crippen molar-refractivity contribution < 1.29 is 4.74 Å². The first-order valence-electron chi connectivity index (χ1n) is 7.44. The normalized spacial score (nSPS) is 22.8. The zero-order chi connectivity index (χ0) is 13.1. The molecule has 0 aromatic carbocycles. The van der Waals surface area contributed by atoms with Crippen molar-refractivity contribution in [2.24, 2.45) is 11.7 Å². The molecule has 1 saturated carbocycles. The molecular formula is C15H24N2OS. The van der Waals surface area contributed by atoms with Crippen LogP contribution in [0.15, 0.2) is 17.5 Å².